The van der Waals surface area contributed by atoms with E-state index in [9.17, 15) is 14.4 Å². The first-order chi connectivity index (χ1) is 23.2. The van der Waals surface area contributed by atoms with E-state index in [1.165, 1.54) is 25.7 Å². The van der Waals surface area contributed by atoms with Gasteiger partial charge < -0.3 is 31.2 Å². The van der Waals surface area contributed by atoms with Gasteiger partial charge in [-0.05, 0) is 113 Å². The number of likely N-dealkylation sites (tertiary alicyclic amines) is 2. The molecular weight excluding hydrogens is 762 g/mol. The van der Waals surface area contributed by atoms with Crippen LogP contribution in [0.4, 0.5) is 10.5 Å². The normalized spacial score (nSPS) is 20.4. The summed E-state index contributed by atoms with van der Waals surface area (Å²) < 4.78 is 3.20. The van der Waals surface area contributed by atoms with E-state index in [0.29, 0.717) is 73.8 Å². The highest BCUT2D eigenvalue weighted by Gasteiger charge is 2.34. The lowest BCUT2D eigenvalue weighted by Crippen LogP contribution is -2.56. The van der Waals surface area contributed by atoms with Crippen molar-refractivity contribution >= 4 is 61.1 Å². The first kappa shape index (κ1) is 35.0. The number of amides is 3. The Hall–Kier alpha value is -2.80. The summed E-state index contributed by atoms with van der Waals surface area (Å²) in [6.07, 6.45) is 10.3. The molecule has 3 amide bonds. The zero-order chi connectivity index (χ0) is 33.8. The first-order valence-corrected chi connectivity index (χ1v) is 19.0. The van der Waals surface area contributed by atoms with Crippen LogP contribution in [0.15, 0.2) is 56.3 Å². The minimum atomic E-state index is -0.724. The number of halogens is 3. The molecule has 0 radical (unpaired) electrons. The van der Waals surface area contributed by atoms with E-state index in [4.69, 9.17) is 17.3 Å². The van der Waals surface area contributed by atoms with Gasteiger partial charge >= 0.3 is 11.7 Å². The van der Waals surface area contributed by atoms with Crippen LogP contribution in [0.3, 0.4) is 0 Å². The maximum atomic E-state index is 14.1. The number of imidazole rings is 1. The average molecular weight is 806 g/mol. The first-order valence-electron chi connectivity index (χ1n) is 17.0. The summed E-state index contributed by atoms with van der Waals surface area (Å²) in [6, 6.07) is 10.7. The molecule has 1 unspecified atom stereocenters. The molecule has 3 saturated heterocycles. The second kappa shape index (κ2) is 15.8. The Labute approximate surface area is 303 Å². The molecule has 10 nitrogen and oxygen atoms in total. The lowest BCUT2D eigenvalue weighted by Gasteiger charge is -2.38. The van der Waals surface area contributed by atoms with Gasteiger partial charge in [-0.1, -0.05) is 36.6 Å². The van der Waals surface area contributed by atoms with Crippen LogP contribution in [-0.4, -0.2) is 76.1 Å². The molecule has 3 fully saturated rings. The highest BCUT2D eigenvalue weighted by atomic mass is 79.9. The second-order valence-electron chi connectivity index (χ2n) is 13.4. The number of carbonyl (C=O) groups is 2. The van der Waals surface area contributed by atoms with E-state index in [0.717, 1.165) is 39.5 Å². The van der Waals surface area contributed by atoms with Gasteiger partial charge in [0.2, 0.25) is 5.91 Å². The zero-order valence-corrected chi connectivity index (χ0v) is 31.0. The van der Waals surface area contributed by atoms with Crippen molar-refractivity contribution in [1.82, 2.24) is 30.0 Å². The number of H-pyrrole nitrogens is 1. The molecule has 2 atom stereocenters. The lowest BCUT2D eigenvalue weighted by atomic mass is 9.86. The monoisotopic (exact) mass is 803 g/mol. The van der Waals surface area contributed by atoms with Crippen LogP contribution >= 0.6 is 43.5 Å². The minimum Gasteiger partial charge on any atom is -0.397 e. The Morgan fingerprint density at radius 3 is 2.38 bits per heavy atom. The number of rotatable bonds is 7. The Kier molecular flexibility index (Phi) is 11.6. The van der Waals surface area contributed by atoms with Gasteiger partial charge in [0.05, 0.1) is 11.4 Å². The third kappa shape index (κ3) is 8.31. The average Bonchev–Trinajstić information content (AvgIpc) is 3.28. The van der Waals surface area contributed by atoms with Gasteiger partial charge in [0.15, 0.2) is 0 Å². The molecule has 0 spiro atoms. The number of nitrogens with zero attached hydrogens (tertiary/aromatic N) is 3. The molecule has 4 heterocycles. The Morgan fingerprint density at radius 2 is 1.67 bits per heavy atom. The number of aromatic amines is 1. The number of carbonyl (C=O) groups excluding carboxylic acids is 2. The molecule has 3 aliphatic heterocycles. The number of aromatic nitrogens is 2. The topological polar surface area (TPSA) is 128 Å². The molecule has 258 valence electrons. The molecule has 5 N–H and O–H groups in total. The molecule has 3 aliphatic rings. The van der Waals surface area contributed by atoms with Gasteiger partial charge in [-0.2, -0.15) is 0 Å². The number of hydrogen-bond acceptors (Lipinski definition) is 5. The van der Waals surface area contributed by atoms with Gasteiger partial charge in [-0.15, -0.1) is 0 Å². The quantitative estimate of drug-likeness (QED) is 0.208. The highest BCUT2D eigenvalue weighted by molar-refractivity contribution is 9.11. The van der Waals surface area contributed by atoms with Crippen molar-refractivity contribution in [2.75, 3.05) is 38.5 Å². The second-order valence-corrected chi connectivity index (χ2v) is 15.5. The maximum Gasteiger partial charge on any atom is 0.326 e. The number of anilines is 1. The molecule has 3 aromatic rings. The van der Waals surface area contributed by atoms with Crippen LogP contribution in [0.1, 0.15) is 63.0 Å². The van der Waals surface area contributed by atoms with Crippen LogP contribution in [0, 0.1) is 5.92 Å². The SMILES string of the molecule is Nc1c(Br)cc(C[C@@H](NC(=O)N2CCC(n3cc(-c4cccc(Cl)c4)[nH]c3=O)CC2)C(=O)N2CCC(C3CCCCCN3)CC2)cc1Br. The Bertz CT molecular complexity index is 1630. The van der Waals surface area contributed by atoms with E-state index in [1.807, 2.05) is 41.4 Å². The van der Waals surface area contributed by atoms with Crippen molar-refractivity contribution in [2.45, 2.75) is 75.9 Å². The van der Waals surface area contributed by atoms with E-state index >= 15 is 0 Å². The number of benzene rings is 2. The maximum absolute atomic E-state index is 14.1. The van der Waals surface area contributed by atoms with Crippen molar-refractivity contribution < 1.29 is 9.59 Å². The van der Waals surface area contributed by atoms with Gasteiger partial charge in [0.1, 0.15) is 6.04 Å². The van der Waals surface area contributed by atoms with Crippen LogP contribution in [-0.2, 0) is 11.2 Å². The molecule has 0 saturated carbocycles. The van der Waals surface area contributed by atoms with Crippen molar-refractivity contribution in [1.29, 1.82) is 0 Å². The van der Waals surface area contributed by atoms with Gasteiger partial charge in [0, 0.05) is 70.4 Å². The number of hydrogen-bond donors (Lipinski definition) is 4. The van der Waals surface area contributed by atoms with Crippen LogP contribution in [0.5, 0.6) is 0 Å². The van der Waals surface area contributed by atoms with Crippen molar-refractivity contribution in [3.63, 3.8) is 0 Å². The zero-order valence-electron chi connectivity index (χ0n) is 27.0. The third-order valence-corrected chi connectivity index (χ3v) is 11.8. The minimum absolute atomic E-state index is 0.0445. The molecule has 48 heavy (non-hydrogen) atoms. The van der Waals surface area contributed by atoms with Gasteiger partial charge in [-0.25, -0.2) is 9.59 Å². The van der Waals surface area contributed by atoms with Crippen LogP contribution in [0.2, 0.25) is 5.02 Å². The summed E-state index contributed by atoms with van der Waals surface area (Å²) >= 11 is 13.2. The van der Waals surface area contributed by atoms with E-state index < -0.39 is 6.04 Å². The molecule has 13 heteroatoms. The van der Waals surface area contributed by atoms with Crippen LogP contribution in [0.25, 0.3) is 11.3 Å². The summed E-state index contributed by atoms with van der Waals surface area (Å²) in [5.74, 6) is 0.515. The fourth-order valence-electron chi connectivity index (χ4n) is 7.46. The fourth-order valence-corrected chi connectivity index (χ4v) is 8.93. The standard InChI is InChI=1S/C35H44Br2ClN7O3/c36-27-17-22(18-28(37)32(27)39)19-30(33(46)43-13-8-23(9-14-43)29-7-2-1-3-12-40-29)41-34(47)44-15-10-26(11-16-44)45-21-31(42-35(45)48)24-5-4-6-25(38)20-24/h4-6,17-18,20-21,23,26,29-30,40H,1-3,7-16,19,39H2,(H,41,47)(H,42,48)/t29?,30-/m1/s1. The predicted molar refractivity (Wildman–Crippen MR) is 197 cm³/mol. The molecule has 1 aromatic heterocycles. The third-order valence-electron chi connectivity index (χ3n) is 10.2. The lowest BCUT2D eigenvalue weighted by molar-refractivity contribution is -0.134. The molecule has 2 aromatic carbocycles. The van der Waals surface area contributed by atoms with E-state index in [2.05, 4.69) is 47.5 Å². The largest absolute Gasteiger partial charge is 0.397 e. The van der Waals surface area contributed by atoms with E-state index in [1.54, 1.807) is 15.5 Å². The van der Waals surface area contributed by atoms with Crippen molar-refractivity contribution in [2.24, 2.45) is 5.92 Å². The van der Waals surface area contributed by atoms with Crippen molar-refractivity contribution in [3.05, 3.63) is 72.6 Å². The van der Waals surface area contributed by atoms with Crippen molar-refractivity contribution in [3.8, 4) is 11.3 Å². The summed E-state index contributed by atoms with van der Waals surface area (Å²) in [5, 5.41) is 7.45. The van der Waals surface area contributed by atoms with E-state index in [-0.39, 0.29) is 23.7 Å². The van der Waals surface area contributed by atoms with Gasteiger partial charge in [0.25, 0.3) is 0 Å². The number of urea groups is 1. The molecule has 0 aliphatic carbocycles. The predicted octanol–water partition coefficient (Wildman–Crippen LogP) is 6.33. The Balaban J connectivity index is 1.11. The smallest absolute Gasteiger partial charge is 0.326 e. The number of nitrogens with two attached hydrogens (primary N) is 1. The number of piperidine rings is 2. The molecule has 0 bridgehead atoms. The number of nitrogen functional groups attached to an aromatic ring is 1. The number of nitrogens with one attached hydrogen (secondary N) is 3. The summed E-state index contributed by atoms with van der Waals surface area (Å²) in [6.45, 7) is 3.41. The molecule has 6 rings (SSSR count). The Morgan fingerprint density at radius 1 is 0.958 bits per heavy atom. The molecular formula is C35H44Br2ClN7O3. The summed E-state index contributed by atoms with van der Waals surface area (Å²) in [7, 11) is 0. The summed E-state index contributed by atoms with van der Waals surface area (Å²) in [5.41, 5.74) is 8.99. The van der Waals surface area contributed by atoms with Crippen LogP contribution < -0.4 is 22.1 Å². The van der Waals surface area contributed by atoms with Gasteiger partial charge in [-0.3, -0.25) is 9.36 Å². The fraction of sp³-hybridized carbons (Fsp3) is 0.514. The summed E-state index contributed by atoms with van der Waals surface area (Å²) in [4.78, 5) is 47.3. The highest BCUT2D eigenvalue weighted by Crippen LogP contribution is 2.31.